The van der Waals surface area contributed by atoms with E-state index in [4.69, 9.17) is 20.3 Å². The summed E-state index contributed by atoms with van der Waals surface area (Å²) in [5.74, 6) is 0. The second kappa shape index (κ2) is 3.37. The number of hydrogen-bond donors (Lipinski definition) is 2. The smallest absolute Gasteiger partial charge is 0.305 e. The topological polar surface area (TPSA) is 117 Å². The van der Waals surface area contributed by atoms with Crippen LogP contribution in [0.25, 0.3) is 0 Å². The van der Waals surface area contributed by atoms with E-state index in [-0.39, 0.29) is 22.7 Å². The van der Waals surface area contributed by atoms with Gasteiger partial charge in [0, 0.05) is 5.11 Å². The quantitative estimate of drug-likeness (QED) is 0.444. The molecule has 4 N–H and O–H groups in total. The minimum Gasteiger partial charge on any atom is -0.594 e. The largest absolute Gasteiger partial charge is 0.594 e. The molecule has 0 bridgehead atoms. The molecule has 0 radical (unpaired) electrons. The average molecular weight is 208 g/mol. The van der Waals surface area contributed by atoms with Crippen molar-refractivity contribution < 1.29 is 13.7 Å². The summed E-state index contributed by atoms with van der Waals surface area (Å²) in [4.78, 5) is 0.319. The lowest BCUT2D eigenvalue weighted by atomic mass is 10.4. The van der Waals surface area contributed by atoms with Crippen molar-refractivity contribution >= 4 is 22.7 Å². The van der Waals surface area contributed by atoms with Gasteiger partial charge in [-0.3, -0.25) is 0 Å². The zero-order chi connectivity index (χ0) is 10.8. The number of nitrogen functional groups attached to an aromatic ring is 2. The molecule has 0 atom stereocenters. The molecule has 0 aliphatic rings. The Labute approximate surface area is 84.2 Å². The standard InChI is InChI=1S/C8H8N4O3/c9-5-1-14-3-7(5)11-12(13)8-4-15-2-6(8)10/h1-4H,9-10H2. The molecule has 0 saturated heterocycles. The first kappa shape index (κ1) is 9.13. The van der Waals surface area contributed by atoms with E-state index in [2.05, 4.69) is 5.11 Å². The van der Waals surface area contributed by atoms with E-state index in [1.807, 2.05) is 0 Å². The Bertz CT molecular complexity index is 499. The normalized spacial score (nSPS) is 11.9. The monoisotopic (exact) mass is 208 g/mol. The summed E-state index contributed by atoms with van der Waals surface area (Å²) < 4.78 is 9.49. The molecule has 0 fully saturated rings. The van der Waals surface area contributed by atoms with Gasteiger partial charge < -0.3 is 25.5 Å². The average Bonchev–Trinajstić information content (AvgIpc) is 2.76. The Balaban J connectivity index is 2.37. The van der Waals surface area contributed by atoms with E-state index >= 15 is 0 Å². The Morgan fingerprint density at radius 1 is 1.07 bits per heavy atom. The molecule has 2 rings (SSSR count). The molecule has 15 heavy (non-hydrogen) atoms. The van der Waals surface area contributed by atoms with Crippen molar-refractivity contribution in [2.75, 3.05) is 11.5 Å². The van der Waals surface area contributed by atoms with Crippen LogP contribution in [-0.2, 0) is 0 Å². The Kier molecular flexibility index (Phi) is 2.05. The van der Waals surface area contributed by atoms with E-state index in [1.165, 1.54) is 25.1 Å². The number of furan rings is 2. The third-order valence-electron chi connectivity index (χ3n) is 1.75. The van der Waals surface area contributed by atoms with Crippen LogP contribution in [0.15, 0.2) is 39.0 Å². The lowest BCUT2D eigenvalue weighted by molar-refractivity contribution is -0.434. The van der Waals surface area contributed by atoms with Crippen molar-refractivity contribution in [3.63, 3.8) is 0 Å². The van der Waals surface area contributed by atoms with Gasteiger partial charge in [0.05, 0.1) is 0 Å². The predicted octanol–water partition coefficient (Wildman–Crippen LogP) is 1.96. The highest BCUT2D eigenvalue weighted by molar-refractivity contribution is 5.59. The second-order valence-corrected chi connectivity index (χ2v) is 2.80. The molecule has 7 nitrogen and oxygen atoms in total. The predicted molar refractivity (Wildman–Crippen MR) is 51.6 cm³/mol. The van der Waals surface area contributed by atoms with Crippen molar-refractivity contribution in [1.29, 1.82) is 0 Å². The minimum atomic E-state index is 0.121. The first-order valence-electron chi connectivity index (χ1n) is 4.00. The zero-order valence-corrected chi connectivity index (χ0v) is 7.58. The van der Waals surface area contributed by atoms with Crippen molar-refractivity contribution in [3.8, 4) is 0 Å². The molecule has 2 aromatic heterocycles. The number of azo groups is 1. The summed E-state index contributed by atoms with van der Waals surface area (Å²) in [7, 11) is 0. The van der Waals surface area contributed by atoms with Gasteiger partial charge >= 0.3 is 5.69 Å². The van der Waals surface area contributed by atoms with Gasteiger partial charge in [0.15, 0.2) is 12.0 Å². The number of hydrogen-bond acceptors (Lipinski definition) is 6. The number of anilines is 2. The van der Waals surface area contributed by atoms with Gasteiger partial charge in [0.25, 0.3) is 0 Å². The first-order chi connectivity index (χ1) is 7.18. The third-order valence-corrected chi connectivity index (χ3v) is 1.75. The molecule has 0 saturated carbocycles. The molecule has 0 spiro atoms. The first-order valence-corrected chi connectivity index (χ1v) is 4.00. The van der Waals surface area contributed by atoms with Crippen LogP contribution in [0.2, 0.25) is 0 Å². The van der Waals surface area contributed by atoms with Crippen LogP contribution in [0.4, 0.5) is 22.7 Å². The number of rotatable bonds is 2. The maximum Gasteiger partial charge on any atom is 0.305 e. The molecule has 78 valence electrons. The molecular weight excluding hydrogens is 200 g/mol. The van der Waals surface area contributed by atoms with E-state index in [0.717, 1.165) is 0 Å². The summed E-state index contributed by atoms with van der Waals surface area (Å²) in [6.07, 6.45) is 4.98. The lowest BCUT2D eigenvalue weighted by Crippen LogP contribution is -1.93. The Hall–Kier alpha value is -2.44. The molecular formula is C8H8N4O3. The van der Waals surface area contributed by atoms with Gasteiger partial charge in [0.1, 0.15) is 30.2 Å². The highest BCUT2D eigenvalue weighted by atomic mass is 16.5. The van der Waals surface area contributed by atoms with Crippen LogP contribution in [-0.4, -0.2) is 4.86 Å². The summed E-state index contributed by atoms with van der Waals surface area (Å²) in [6.45, 7) is 0. The Morgan fingerprint density at radius 2 is 1.73 bits per heavy atom. The molecule has 0 aromatic carbocycles. The fourth-order valence-electron chi connectivity index (χ4n) is 0.989. The molecule has 0 amide bonds. The minimum absolute atomic E-state index is 0.121. The van der Waals surface area contributed by atoms with Crippen LogP contribution < -0.4 is 11.5 Å². The molecule has 0 aliphatic heterocycles. The van der Waals surface area contributed by atoms with Gasteiger partial charge in [-0.25, -0.2) is 0 Å². The zero-order valence-electron chi connectivity index (χ0n) is 7.58. The van der Waals surface area contributed by atoms with E-state index < -0.39 is 0 Å². The highest BCUT2D eigenvalue weighted by Crippen LogP contribution is 2.27. The van der Waals surface area contributed by atoms with Gasteiger partial charge in [-0.1, -0.05) is 0 Å². The Morgan fingerprint density at radius 3 is 2.27 bits per heavy atom. The van der Waals surface area contributed by atoms with E-state index in [1.54, 1.807) is 0 Å². The maximum atomic E-state index is 11.5. The van der Waals surface area contributed by atoms with E-state index in [0.29, 0.717) is 4.86 Å². The fourth-order valence-corrected chi connectivity index (χ4v) is 0.989. The van der Waals surface area contributed by atoms with Crippen LogP contribution in [0, 0.1) is 5.21 Å². The van der Waals surface area contributed by atoms with Crippen molar-refractivity contribution in [2.45, 2.75) is 0 Å². The van der Waals surface area contributed by atoms with Crippen LogP contribution in [0.1, 0.15) is 0 Å². The van der Waals surface area contributed by atoms with Gasteiger partial charge in [-0.15, -0.1) is 0 Å². The van der Waals surface area contributed by atoms with Crippen LogP contribution in [0.3, 0.4) is 0 Å². The van der Waals surface area contributed by atoms with Crippen LogP contribution in [0.5, 0.6) is 0 Å². The highest BCUT2D eigenvalue weighted by Gasteiger charge is 2.13. The third kappa shape index (κ3) is 1.62. The molecule has 0 aliphatic carbocycles. The van der Waals surface area contributed by atoms with Gasteiger partial charge in [-0.05, 0) is 4.86 Å². The summed E-state index contributed by atoms with van der Waals surface area (Å²) >= 11 is 0. The lowest BCUT2D eigenvalue weighted by Gasteiger charge is -1.95. The van der Waals surface area contributed by atoms with Crippen molar-refractivity contribution in [1.82, 2.24) is 0 Å². The van der Waals surface area contributed by atoms with Gasteiger partial charge in [0.2, 0.25) is 0 Å². The van der Waals surface area contributed by atoms with Crippen molar-refractivity contribution in [2.24, 2.45) is 5.11 Å². The molecule has 0 unspecified atom stereocenters. The molecule has 7 heteroatoms. The van der Waals surface area contributed by atoms with E-state index in [9.17, 15) is 5.21 Å². The van der Waals surface area contributed by atoms with Crippen LogP contribution >= 0.6 is 0 Å². The second-order valence-electron chi connectivity index (χ2n) is 2.80. The SMILES string of the molecule is Nc1cocc1N=[N+]([O-])c1cocc1N. The maximum absolute atomic E-state index is 11.5. The summed E-state index contributed by atoms with van der Waals surface area (Å²) in [5, 5.41) is 15.1. The molecule has 2 aromatic rings. The fraction of sp³-hybridized carbons (Fsp3) is 0. The number of nitrogens with zero attached hydrogens (tertiary/aromatic N) is 2. The molecule has 2 heterocycles. The van der Waals surface area contributed by atoms with Gasteiger partial charge in [-0.2, -0.15) is 0 Å². The summed E-state index contributed by atoms with van der Waals surface area (Å²) in [5.41, 5.74) is 11.8. The van der Waals surface area contributed by atoms with Crippen molar-refractivity contribution in [3.05, 3.63) is 30.3 Å². The number of nitrogens with two attached hydrogens (primary N) is 2. The summed E-state index contributed by atoms with van der Waals surface area (Å²) in [6, 6.07) is 0.